The molecule has 0 aliphatic carbocycles. The maximum atomic E-state index is 12.7. The summed E-state index contributed by atoms with van der Waals surface area (Å²) in [6.07, 6.45) is 0. The Hall–Kier alpha value is -1.63. The Morgan fingerprint density at radius 3 is 1.88 bits per heavy atom. The fourth-order valence-corrected chi connectivity index (χ4v) is 5.44. The van der Waals surface area contributed by atoms with Gasteiger partial charge in [-0.1, -0.05) is 30.8 Å². The second-order valence-electron chi connectivity index (χ2n) is 7.29. The van der Waals surface area contributed by atoms with Gasteiger partial charge in [0, 0.05) is 13.7 Å². The Morgan fingerprint density at radius 1 is 0.846 bits per heavy atom. The monoisotopic (exact) mass is 392 g/mol. The summed E-state index contributed by atoms with van der Waals surface area (Å²) in [5.74, 6) is 0.699. The minimum absolute atomic E-state index is 0.281. The average Bonchev–Trinajstić information content (AvgIpc) is 2.61. The smallest absolute Gasteiger partial charge is 0.206 e. The van der Waals surface area contributed by atoms with Gasteiger partial charge in [0.2, 0.25) is 9.84 Å². The van der Waals surface area contributed by atoms with Gasteiger partial charge in [-0.3, -0.25) is 0 Å². The molecule has 0 fully saturated rings. The first-order valence-corrected chi connectivity index (χ1v) is 13.7. The standard InChI is InChI=1S/C20H28O4SSi/c1-17-5-9-19(10-6-17)25(21,22)20-11-7-18(8-12-20)24-14-16-26(3,4)15-13-23-2/h5-12H,13-16H2,1-4H3. The van der Waals surface area contributed by atoms with Gasteiger partial charge in [0.05, 0.1) is 24.5 Å². The zero-order chi connectivity index (χ0) is 19.2. The normalized spacial score (nSPS) is 12.2. The molecule has 0 bridgehead atoms. The van der Waals surface area contributed by atoms with Crippen LogP contribution < -0.4 is 4.74 Å². The number of benzene rings is 2. The highest BCUT2D eigenvalue weighted by atomic mass is 32.2. The highest BCUT2D eigenvalue weighted by Gasteiger charge is 2.20. The third-order valence-corrected chi connectivity index (χ3v) is 9.40. The van der Waals surface area contributed by atoms with E-state index in [4.69, 9.17) is 9.47 Å². The van der Waals surface area contributed by atoms with E-state index in [-0.39, 0.29) is 4.90 Å². The Bertz CT molecular complexity index is 797. The molecule has 0 radical (unpaired) electrons. The molecule has 0 amide bonds. The lowest BCUT2D eigenvalue weighted by Crippen LogP contribution is -2.29. The van der Waals surface area contributed by atoms with Crippen molar-refractivity contribution in [1.82, 2.24) is 0 Å². The van der Waals surface area contributed by atoms with Gasteiger partial charge >= 0.3 is 0 Å². The van der Waals surface area contributed by atoms with E-state index in [0.717, 1.165) is 24.3 Å². The van der Waals surface area contributed by atoms with Gasteiger partial charge in [0.1, 0.15) is 5.75 Å². The number of methoxy groups -OCH3 is 1. The Morgan fingerprint density at radius 2 is 1.35 bits per heavy atom. The van der Waals surface area contributed by atoms with Gasteiger partial charge in [0.15, 0.2) is 0 Å². The molecule has 0 heterocycles. The van der Waals surface area contributed by atoms with Crippen molar-refractivity contribution in [3.63, 3.8) is 0 Å². The van der Waals surface area contributed by atoms with Crippen LogP contribution in [0.2, 0.25) is 25.2 Å². The topological polar surface area (TPSA) is 52.6 Å². The van der Waals surface area contributed by atoms with Crippen LogP contribution in [0.15, 0.2) is 58.3 Å². The molecule has 26 heavy (non-hydrogen) atoms. The van der Waals surface area contributed by atoms with Crippen molar-refractivity contribution in [1.29, 1.82) is 0 Å². The Balaban J connectivity index is 1.98. The van der Waals surface area contributed by atoms with Crippen LogP contribution in [-0.4, -0.2) is 36.8 Å². The second-order valence-corrected chi connectivity index (χ2v) is 14.6. The van der Waals surface area contributed by atoms with Crippen molar-refractivity contribution < 1.29 is 17.9 Å². The largest absolute Gasteiger partial charge is 0.494 e. The number of rotatable bonds is 9. The maximum absolute atomic E-state index is 12.7. The minimum atomic E-state index is -3.49. The first-order valence-electron chi connectivity index (χ1n) is 8.78. The van der Waals surface area contributed by atoms with E-state index >= 15 is 0 Å². The summed E-state index contributed by atoms with van der Waals surface area (Å²) in [7, 11) is -3.07. The predicted molar refractivity (Wildman–Crippen MR) is 108 cm³/mol. The van der Waals surface area contributed by atoms with Gasteiger partial charge in [-0.25, -0.2) is 8.42 Å². The molecule has 2 aromatic carbocycles. The SMILES string of the molecule is COCC[Si](C)(C)CCOc1ccc(S(=O)(=O)c2ccc(C)cc2)cc1. The Kier molecular flexibility index (Phi) is 7.03. The molecule has 0 saturated heterocycles. The van der Waals surface area contributed by atoms with Crippen molar-refractivity contribution >= 4 is 17.9 Å². The molecule has 0 N–H and O–H groups in total. The lowest BCUT2D eigenvalue weighted by atomic mass is 10.2. The lowest BCUT2D eigenvalue weighted by Gasteiger charge is -2.21. The van der Waals surface area contributed by atoms with E-state index < -0.39 is 17.9 Å². The molecule has 0 aliphatic rings. The number of aryl methyl sites for hydroxylation is 1. The van der Waals surface area contributed by atoms with Crippen LogP contribution in [-0.2, 0) is 14.6 Å². The fourth-order valence-electron chi connectivity index (χ4n) is 2.52. The predicted octanol–water partition coefficient (Wildman–Crippen LogP) is 4.56. The molecular weight excluding hydrogens is 364 g/mol. The summed E-state index contributed by atoms with van der Waals surface area (Å²) in [5.41, 5.74) is 1.03. The van der Waals surface area contributed by atoms with Crippen molar-refractivity contribution in [2.45, 2.75) is 41.9 Å². The average molecular weight is 393 g/mol. The molecule has 0 aromatic heterocycles. The molecular formula is C20H28O4SSi. The summed E-state index contributed by atoms with van der Waals surface area (Å²) >= 11 is 0. The van der Waals surface area contributed by atoms with Crippen LogP contribution >= 0.6 is 0 Å². The van der Waals surface area contributed by atoms with Crippen LogP contribution in [0.3, 0.4) is 0 Å². The summed E-state index contributed by atoms with van der Waals surface area (Å²) < 4.78 is 36.3. The third-order valence-electron chi connectivity index (χ3n) is 4.50. The molecule has 0 spiro atoms. The van der Waals surface area contributed by atoms with Crippen molar-refractivity contribution in [3.05, 3.63) is 54.1 Å². The Labute approximate surface area is 158 Å². The van der Waals surface area contributed by atoms with E-state index in [1.165, 1.54) is 0 Å². The van der Waals surface area contributed by atoms with E-state index in [1.54, 1.807) is 55.6 Å². The van der Waals surface area contributed by atoms with Crippen LogP contribution in [0.1, 0.15) is 5.56 Å². The summed E-state index contributed by atoms with van der Waals surface area (Å²) in [4.78, 5) is 0.589. The van der Waals surface area contributed by atoms with E-state index in [2.05, 4.69) is 13.1 Å². The highest BCUT2D eigenvalue weighted by Crippen LogP contribution is 2.24. The van der Waals surface area contributed by atoms with Crippen LogP contribution in [0.5, 0.6) is 5.75 Å². The van der Waals surface area contributed by atoms with Crippen molar-refractivity contribution in [3.8, 4) is 5.75 Å². The number of hydrogen-bond acceptors (Lipinski definition) is 4. The summed E-state index contributed by atoms with van der Waals surface area (Å²) in [6.45, 7) is 8.03. The molecule has 142 valence electrons. The second kappa shape index (κ2) is 8.84. The molecule has 2 aromatic rings. The van der Waals surface area contributed by atoms with Gasteiger partial charge in [-0.2, -0.15) is 0 Å². The molecule has 0 unspecified atom stereocenters. The van der Waals surface area contributed by atoms with Crippen molar-refractivity contribution in [2.75, 3.05) is 20.3 Å². The van der Waals surface area contributed by atoms with Crippen LogP contribution in [0.25, 0.3) is 0 Å². The van der Waals surface area contributed by atoms with Crippen molar-refractivity contribution in [2.24, 2.45) is 0 Å². The number of sulfone groups is 1. The quantitative estimate of drug-likeness (QED) is 0.587. The summed E-state index contributed by atoms with van der Waals surface area (Å²) in [6, 6.07) is 15.7. The minimum Gasteiger partial charge on any atom is -0.494 e. The molecule has 0 atom stereocenters. The molecule has 0 saturated carbocycles. The van der Waals surface area contributed by atoms with E-state index in [0.29, 0.717) is 17.3 Å². The van der Waals surface area contributed by atoms with Gasteiger partial charge in [0.25, 0.3) is 0 Å². The van der Waals surface area contributed by atoms with Gasteiger partial charge in [-0.15, -0.1) is 0 Å². The molecule has 0 aliphatic heterocycles. The third kappa shape index (κ3) is 5.69. The molecule has 4 nitrogen and oxygen atoms in total. The maximum Gasteiger partial charge on any atom is 0.206 e. The first kappa shape index (κ1) is 20.7. The zero-order valence-corrected chi connectivity index (χ0v) is 17.8. The highest BCUT2D eigenvalue weighted by molar-refractivity contribution is 7.91. The lowest BCUT2D eigenvalue weighted by molar-refractivity contribution is 0.214. The molecule has 2 rings (SSSR count). The summed E-state index contributed by atoms with van der Waals surface area (Å²) in [5, 5.41) is 0. The van der Waals surface area contributed by atoms with Crippen LogP contribution in [0, 0.1) is 6.92 Å². The molecule has 6 heteroatoms. The number of ether oxygens (including phenoxy) is 2. The van der Waals surface area contributed by atoms with Crippen LogP contribution in [0.4, 0.5) is 0 Å². The van der Waals surface area contributed by atoms with E-state index in [9.17, 15) is 8.42 Å². The number of hydrogen-bond donors (Lipinski definition) is 0. The first-order chi connectivity index (χ1) is 12.2. The van der Waals surface area contributed by atoms with E-state index in [1.807, 2.05) is 6.92 Å². The zero-order valence-electron chi connectivity index (χ0n) is 16.0. The van der Waals surface area contributed by atoms with Gasteiger partial charge < -0.3 is 9.47 Å². The fraction of sp³-hybridized carbons (Fsp3) is 0.400. The van der Waals surface area contributed by atoms with Gasteiger partial charge in [-0.05, 0) is 55.4 Å².